The van der Waals surface area contributed by atoms with Crippen LogP contribution in [-0.4, -0.2) is 24.5 Å². The topological polar surface area (TPSA) is 73.6 Å². The Labute approximate surface area is 271 Å². The molecule has 1 unspecified atom stereocenters. The molecule has 0 amide bonds. The Morgan fingerprint density at radius 3 is 1.57 bits per heavy atom. The summed E-state index contributed by atoms with van der Waals surface area (Å²) in [4.78, 5) is 19.9. The molecule has 2 aromatic heterocycles. The van der Waals surface area contributed by atoms with Crippen molar-refractivity contribution in [2.75, 3.05) is 0 Å². The lowest BCUT2D eigenvalue weighted by molar-refractivity contribution is 0.592. The van der Waals surface area contributed by atoms with Crippen molar-refractivity contribution < 1.29 is 4.57 Å². The molecule has 0 N–H and O–H groups in total. The molecule has 9 rings (SSSR count). The molecule has 0 fully saturated rings. The summed E-state index contributed by atoms with van der Waals surface area (Å²) < 4.78 is 18.0. The molecule has 8 aromatic rings. The van der Waals surface area contributed by atoms with E-state index in [1.54, 1.807) is 0 Å². The van der Waals surface area contributed by atoms with Crippen LogP contribution < -0.4 is 15.9 Å². The first-order valence-corrected chi connectivity index (χ1v) is 17.1. The predicted octanol–water partition coefficient (Wildman–Crippen LogP) is 7.83. The fourth-order valence-corrected chi connectivity index (χ4v) is 9.50. The van der Waals surface area contributed by atoms with Gasteiger partial charge < -0.3 is 4.57 Å². The minimum Gasteiger partial charge on any atom is -0.308 e. The summed E-state index contributed by atoms with van der Waals surface area (Å²) in [6.45, 7) is 0. The van der Waals surface area contributed by atoms with Gasteiger partial charge in [-0.1, -0.05) is 127 Å². The smallest absolute Gasteiger partial charge is 0.175 e. The third-order valence-corrected chi connectivity index (χ3v) is 11.8. The van der Waals surface area contributed by atoms with Crippen molar-refractivity contribution in [2.45, 2.75) is 0 Å². The molecule has 0 spiro atoms. The summed E-state index contributed by atoms with van der Waals surface area (Å²) in [5, 5.41) is 2.26. The molecular weight excluding hydrogens is 597 g/mol. The molecule has 47 heavy (non-hydrogen) atoms. The van der Waals surface area contributed by atoms with Crippen LogP contribution in [-0.2, 0) is 4.57 Å². The fraction of sp³-hybridized carbons (Fsp3) is 0. The van der Waals surface area contributed by atoms with E-state index in [2.05, 4.69) is 16.7 Å². The van der Waals surface area contributed by atoms with Gasteiger partial charge in [-0.25, -0.2) is 19.9 Å². The molecule has 6 nitrogen and oxygen atoms in total. The maximum atomic E-state index is 15.9. The summed E-state index contributed by atoms with van der Waals surface area (Å²) in [6.07, 6.45) is 0. The van der Waals surface area contributed by atoms with Crippen molar-refractivity contribution >= 4 is 34.1 Å². The number of imidazole rings is 1. The molecule has 3 heterocycles. The van der Waals surface area contributed by atoms with Crippen molar-refractivity contribution in [1.29, 1.82) is 0 Å². The highest BCUT2D eigenvalue weighted by Crippen LogP contribution is 2.50. The Hall–Kier alpha value is -5.97. The van der Waals surface area contributed by atoms with Crippen LogP contribution in [0.15, 0.2) is 158 Å². The van der Waals surface area contributed by atoms with E-state index >= 15 is 4.57 Å². The van der Waals surface area contributed by atoms with Crippen molar-refractivity contribution in [3.05, 3.63) is 158 Å². The van der Waals surface area contributed by atoms with Crippen molar-refractivity contribution in [2.24, 2.45) is 0 Å². The second-order valence-electron chi connectivity index (χ2n) is 11.5. The van der Waals surface area contributed by atoms with Gasteiger partial charge in [0.25, 0.3) is 0 Å². The van der Waals surface area contributed by atoms with Gasteiger partial charge in [0.2, 0.25) is 0 Å². The molecule has 7 heteroatoms. The third-order valence-electron chi connectivity index (χ3n) is 8.66. The normalized spacial score (nSPS) is 15.0. The van der Waals surface area contributed by atoms with E-state index < -0.39 is 7.14 Å². The summed E-state index contributed by atoms with van der Waals surface area (Å²) >= 11 is 0. The first-order valence-electron chi connectivity index (χ1n) is 15.4. The Kier molecular flexibility index (Phi) is 6.30. The predicted molar refractivity (Wildman–Crippen MR) is 189 cm³/mol. The highest BCUT2D eigenvalue weighted by atomic mass is 31.2. The molecule has 1 aliphatic heterocycles. The molecule has 1 atom stereocenters. The Morgan fingerprint density at radius 2 is 0.979 bits per heavy atom. The molecule has 1 aliphatic rings. The van der Waals surface area contributed by atoms with E-state index in [1.807, 2.05) is 146 Å². The molecule has 6 aromatic carbocycles. The maximum absolute atomic E-state index is 15.9. The number of hydrogen-bond acceptors (Lipinski definition) is 5. The van der Waals surface area contributed by atoms with Crippen LogP contribution >= 0.6 is 7.14 Å². The standard InChI is InChI=1S/C40H26N5OP/c46-47(31-20-11-4-12-21-31)34-23-13-22-32-36(34)45(40(41-32)29-18-9-3-10-19-29)33-25-24-30(26-35(33)47)39-43-37(27-14-5-1-6-15-27)42-38(44-39)28-16-7-2-8-17-28/h1-26H. The minimum absolute atomic E-state index is 0.512. The number of benzene rings is 6. The summed E-state index contributed by atoms with van der Waals surface area (Å²) in [7, 11) is -3.36. The number of hydrogen-bond donors (Lipinski definition) is 0. The van der Waals surface area contributed by atoms with Gasteiger partial charge in [0.05, 0.1) is 16.7 Å². The van der Waals surface area contributed by atoms with Crippen LogP contribution in [0.2, 0.25) is 0 Å². The summed E-state index contributed by atoms with van der Waals surface area (Å²) in [5.41, 5.74) is 6.04. The Bertz CT molecular complexity index is 2420. The minimum atomic E-state index is -3.36. The van der Waals surface area contributed by atoms with Crippen molar-refractivity contribution in [1.82, 2.24) is 24.5 Å². The number of nitrogens with zero attached hydrogens (tertiary/aromatic N) is 5. The zero-order valence-corrected chi connectivity index (χ0v) is 26.0. The number of para-hydroxylation sites is 1. The molecule has 0 bridgehead atoms. The van der Waals surface area contributed by atoms with Gasteiger partial charge in [0.1, 0.15) is 5.82 Å². The van der Waals surface area contributed by atoms with Crippen LogP contribution in [0.25, 0.3) is 62.3 Å². The van der Waals surface area contributed by atoms with Crippen LogP contribution in [0.4, 0.5) is 0 Å². The molecule has 0 aliphatic carbocycles. The van der Waals surface area contributed by atoms with Gasteiger partial charge in [-0.05, 0) is 30.3 Å². The van der Waals surface area contributed by atoms with E-state index in [9.17, 15) is 0 Å². The largest absolute Gasteiger partial charge is 0.308 e. The zero-order valence-electron chi connectivity index (χ0n) is 25.1. The highest BCUT2D eigenvalue weighted by Gasteiger charge is 2.40. The molecular formula is C40H26N5OP. The lowest BCUT2D eigenvalue weighted by atomic mass is 10.1. The van der Waals surface area contributed by atoms with Gasteiger partial charge in [-0.3, -0.25) is 4.57 Å². The molecule has 0 saturated carbocycles. The molecule has 0 saturated heterocycles. The van der Waals surface area contributed by atoms with Crippen LogP contribution in [0.1, 0.15) is 0 Å². The average Bonchev–Trinajstić information content (AvgIpc) is 3.55. The van der Waals surface area contributed by atoms with Gasteiger partial charge in [0.15, 0.2) is 24.6 Å². The van der Waals surface area contributed by atoms with E-state index in [-0.39, 0.29) is 0 Å². The first-order chi connectivity index (χ1) is 23.2. The third kappa shape index (κ3) is 4.38. The monoisotopic (exact) mass is 623 g/mol. The van der Waals surface area contributed by atoms with E-state index in [4.69, 9.17) is 19.9 Å². The van der Waals surface area contributed by atoms with Crippen LogP contribution in [0.5, 0.6) is 0 Å². The summed E-state index contributed by atoms with van der Waals surface area (Å²) in [5.74, 6) is 2.47. The second kappa shape index (κ2) is 10.8. The fourth-order valence-electron chi connectivity index (χ4n) is 6.47. The highest BCUT2D eigenvalue weighted by molar-refractivity contribution is 7.86. The first kappa shape index (κ1) is 27.3. The Morgan fingerprint density at radius 1 is 0.447 bits per heavy atom. The van der Waals surface area contributed by atoms with Gasteiger partial charge in [0, 0.05) is 38.2 Å². The lowest BCUT2D eigenvalue weighted by Gasteiger charge is -2.29. The molecule has 0 radical (unpaired) electrons. The van der Waals surface area contributed by atoms with Crippen LogP contribution in [0, 0.1) is 0 Å². The lowest BCUT2D eigenvalue weighted by Crippen LogP contribution is -2.33. The van der Waals surface area contributed by atoms with E-state index in [0.29, 0.717) is 17.5 Å². The zero-order chi connectivity index (χ0) is 31.4. The average molecular weight is 624 g/mol. The van der Waals surface area contributed by atoms with Crippen molar-refractivity contribution in [3.8, 4) is 51.2 Å². The van der Waals surface area contributed by atoms with Crippen LogP contribution in [0.3, 0.4) is 0 Å². The molecule has 222 valence electrons. The Balaban J connectivity index is 1.33. The van der Waals surface area contributed by atoms with Gasteiger partial charge >= 0.3 is 0 Å². The van der Waals surface area contributed by atoms with Gasteiger partial charge in [-0.15, -0.1) is 0 Å². The quantitative estimate of drug-likeness (QED) is 0.183. The van der Waals surface area contributed by atoms with E-state index in [1.165, 1.54) is 0 Å². The second-order valence-corrected chi connectivity index (χ2v) is 14.2. The summed E-state index contributed by atoms with van der Waals surface area (Å²) in [6, 6.07) is 51.8. The van der Waals surface area contributed by atoms with Crippen molar-refractivity contribution in [3.63, 3.8) is 0 Å². The number of fused-ring (bicyclic) bond motifs is 2. The van der Waals surface area contributed by atoms with E-state index in [0.717, 1.165) is 60.7 Å². The van der Waals surface area contributed by atoms with Gasteiger partial charge in [-0.2, -0.15) is 0 Å². The number of rotatable bonds is 5. The SMILES string of the molecule is O=P1(c2ccccc2)c2cc(-c3nc(-c4ccccc4)nc(-c4ccccc4)n3)ccc2-n2c(-c3ccccc3)nc3cccc1c32. The number of aromatic nitrogens is 5. The maximum Gasteiger partial charge on any atom is 0.175 e.